The molecule has 0 saturated carbocycles. The van der Waals surface area contributed by atoms with E-state index in [-0.39, 0.29) is 0 Å². The predicted octanol–water partition coefficient (Wildman–Crippen LogP) is 3.11. The van der Waals surface area contributed by atoms with Gasteiger partial charge in [-0.2, -0.15) is 0 Å². The van der Waals surface area contributed by atoms with E-state index in [1.165, 1.54) is 11.3 Å². The van der Waals surface area contributed by atoms with E-state index in [0.717, 1.165) is 20.7 Å². The van der Waals surface area contributed by atoms with E-state index in [9.17, 15) is 0 Å². The van der Waals surface area contributed by atoms with Crippen LogP contribution in [0.2, 0.25) is 4.34 Å². The lowest BCUT2D eigenvalue weighted by atomic mass is 10.4. The van der Waals surface area contributed by atoms with Crippen molar-refractivity contribution in [2.45, 2.75) is 0 Å². The molecule has 0 N–H and O–H groups in total. The van der Waals surface area contributed by atoms with Gasteiger partial charge in [0.1, 0.15) is 0 Å². The molecule has 5 heteroatoms. The minimum Gasteiger partial charge on any atom is -0.282 e. The third kappa shape index (κ3) is 1.42. The maximum absolute atomic E-state index is 5.89. The molecule has 0 bridgehead atoms. The van der Waals surface area contributed by atoms with Crippen LogP contribution in [0.5, 0.6) is 0 Å². The second kappa shape index (κ2) is 3.32. The summed E-state index contributed by atoms with van der Waals surface area (Å²) in [5.41, 5.74) is 0.844. The Morgan fingerprint density at radius 1 is 1.13 bits per heavy atom. The topological polar surface area (TPSA) is 30.2 Å². The SMILES string of the molecule is Clc1ccc(-c2nnc3ccccn23)s1. The van der Waals surface area contributed by atoms with Crippen LogP contribution in [-0.2, 0) is 0 Å². The zero-order valence-electron chi connectivity index (χ0n) is 7.59. The zero-order chi connectivity index (χ0) is 10.3. The number of halogens is 1. The van der Waals surface area contributed by atoms with E-state index < -0.39 is 0 Å². The van der Waals surface area contributed by atoms with Gasteiger partial charge in [0.2, 0.25) is 0 Å². The summed E-state index contributed by atoms with van der Waals surface area (Å²) in [7, 11) is 0. The first-order valence-corrected chi connectivity index (χ1v) is 5.59. The summed E-state index contributed by atoms with van der Waals surface area (Å²) >= 11 is 7.39. The van der Waals surface area contributed by atoms with Gasteiger partial charge in [-0.1, -0.05) is 17.7 Å². The van der Waals surface area contributed by atoms with Gasteiger partial charge in [0.05, 0.1) is 9.21 Å². The lowest BCUT2D eigenvalue weighted by Gasteiger charge is -1.94. The monoisotopic (exact) mass is 235 g/mol. The Morgan fingerprint density at radius 3 is 2.87 bits per heavy atom. The number of aromatic nitrogens is 3. The lowest BCUT2D eigenvalue weighted by molar-refractivity contribution is 1.12. The molecular weight excluding hydrogens is 230 g/mol. The van der Waals surface area contributed by atoms with Crippen LogP contribution in [0.4, 0.5) is 0 Å². The third-order valence-electron chi connectivity index (χ3n) is 2.11. The highest BCUT2D eigenvalue weighted by Crippen LogP contribution is 2.29. The number of hydrogen-bond donors (Lipinski definition) is 0. The van der Waals surface area contributed by atoms with Gasteiger partial charge in [-0.3, -0.25) is 4.40 Å². The van der Waals surface area contributed by atoms with Crippen LogP contribution < -0.4 is 0 Å². The molecule has 0 atom stereocenters. The number of thiophene rings is 1. The lowest BCUT2D eigenvalue weighted by Crippen LogP contribution is -1.85. The fraction of sp³-hybridized carbons (Fsp3) is 0. The molecule has 0 aromatic carbocycles. The molecular formula is C10H6ClN3S. The number of hydrogen-bond acceptors (Lipinski definition) is 3. The third-order valence-corrected chi connectivity index (χ3v) is 3.33. The highest BCUT2D eigenvalue weighted by atomic mass is 35.5. The Balaban J connectivity index is 2.27. The number of fused-ring (bicyclic) bond motifs is 1. The average Bonchev–Trinajstić information content (AvgIpc) is 2.83. The number of rotatable bonds is 1. The molecule has 0 amide bonds. The first kappa shape index (κ1) is 8.88. The summed E-state index contributed by atoms with van der Waals surface area (Å²) in [6.07, 6.45) is 1.94. The highest BCUT2D eigenvalue weighted by Gasteiger charge is 2.08. The fourth-order valence-corrected chi connectivity index (χ4v) is 2.47. The van der Waals surface area contributed by atoms with Crippen molar-refractivity contribution in [3.63, 3.8) is 0 Å². The van der Waals surface area contributed by atoms with E-state index in [0.29, 0.717) is 0 Å². The molecule has 0 radical (unpaired) electrons. The molecule has 0 aliphatic rings. The van der Waals surface area contributed by atoms with Gasteiger partial charge in [-0.15, -0.1) is 21.5 Å². The van der Waals surface area contributed by atoms with E-state index in [2.05, 4.69) is 10.2 Å². The van der Waals surface area contributed by atoms with E-state index in [1.807, 2.05) is 40.9 Å². The van der Waals surface area contributed by atoms with Crippen LogP contribution in [0.25, 0.3) is 16.3 Å². The molecule has 3 aromatic rings. The van der Waals surface area contributed by atoms with E-state index in [1.54, 1.807) is 0 Å². The number of pyridine rings is 1. The Morgan fingerprint density at radius 2 is 2.07 bits per heavy atom. The van der Waals surface area contributed by atoms with Gasteiger partial charge in [-0.05, 0) is 24.3 Å². The predicted molar refractivity (Wildman–Crippen MR) is 61.3 cm³/mol. The number of nitrogens with zero attached hydrogens (tertiary/aromatic N) is 3. The standard InChI is InChI=1S/C10H6ClN3S/c11-8-5-4-7(15-8)10-13-12-9-3-1-2-6-14(9)10/h1-6H. The Hall–Kier alpha value is -1.39. The molecule has 74 valence electrons. The smallest absolute Gasteiger partial charge is 0.178 e. The summed E-state index contributed by atoms with van der Waals surface area (Å²) in [6, 6.07) is 9.64. The Bertz CT molecular complexity index is 614. The summed E-state index contributed by atoms with van der Waals surface area (Å²) in [5, 5.41) is 8.22. The molecule has 3 aromatic heterocycles. The van der Waals surface area contributed by atoms with Crippen molar-refractivity contribution < 1.29 is 0 Å². The van der Waals surface area contributed by atoms with Crippen molar-refractivity contribution in [2.24, 2.45) is 0 Å². The van der Waals surface area contributed by atoms with Crippen LogP contribution in [0.1, 0.15) is 0 Å². The first-order chi connectivity index (χ1) is 7.34. The van der Waals surface area contributed by atoms with Crippen molar-refractivity contribution >= 4 is 28.6 Å². The molecule has 3 heterocycles. The van der Waals surface area contributed by atoms with Crippen molar-refractivity contribution in [1.29, 1.82) is 0 Å². The van der Waals surface area contributed by atoms with Gasteiger partial charge in [0, 0.05) is 6.20 Å². The fourth-order valence-electron chi connectivity index (χ4n) is 1.44. The van der Waals surface area contributed by atoms with Crippen molar-refractivity contribution in [2.75, 3.05) is 0 Å². The van der Waals surface area contributed by atoms with Crippen molar-refractivity contribution in [3.8, 4) is 10.7 Å². The minimum atomic E-state index is 0.762. The second-order valence-electron chi connectivity index (χ2n) is 3.06. The minimum absolute atomic E-state index is 0.762. The maximum atomic E-state index is 5.89. The zero-order valence-corrected chi connectivity index (χ0v) is 9.16. The summed E-state index contributed by atoms with van der Waals surface area (Å²) in [4.78, 5) is 1.03. The highest BCUT2D eigenvalue weighted by molar-refractivity contribution is 7.19. The molecule has 0 fully saturated rings. The molecule has 0 aliphatic carbocycles. The molecule has 0 saturated heterocycles. The summed E-state index contributed by atoms with van der Waals surface area (Å²) in [5.74, 6) is 0.836. The van der Waals surface area contributed by atoms with Crippen LogP contribution in [-0.4, -0.2) is 14.6 Å². The molecule has 3 nitrogen and oxygen atoms in total. The van der Waals surface area contributed by atoms with Crippen LogP contribution >= 0.6 is 22.9 Å². The van der Waals surface area contributed by atoms with Gasteiger partial charge < -0.3 is 0 Å². The average molecular weight is 236 g/mol. The van der Waals surface area contributed by atoms with Crippen LogP contribution in [0, 0.1) is 0 Å². The van der Waals surface area contributed by atoms with Crippen LogP contribution in [0.15, 0.2) is 36.5 Å². The quantitative estimate of drug-likeness (QED) is 0.649. The summed E-state index contributed by atoms with van der Waals surface area (Å²) < 4.78 is 2.71. The Labute approximate surface area is 95.0 Å². The van der Waals surface area contributed by atoms with Crippen molar-refractivity contribution in [1.82, 2.24) is 14.6 Å². The van der Waals surface area contributed by atoms with Gasteiger partial charge in [-0.25, -0.2) is 0 Å². The maximum Gasteiger partial charge on any atom is 0.178 e. The Kier molecular flexibility index (Phi) is 1.97. The van der Waals surface area contributed by atoms with Gasteiger partial charge >= 0.3 is 0 Å². The van der Waals surface area contributed by atoms with Gasteiger partial charge in [0.15, 0.2) is 11.5 Å². The molecule has 0 spiro atoms. The van der Waals surface area contributed by atoms with E-state index in [4.69, 9.17) is 11.6 Å². The molecule has 0 unspecified atom stereocenters. The summed E-state index contributed by atoms with van der Waals surface area (Å²) in [6.45, 7) is 0. The molecule has 15 heavy (non-hydrogen) atoms. The molecule has 3 rings (SSSR count). The first-order valence-electron chi connectivity index (χ1n) is 4.40. The second-order valence-corrected chi connectivity index (χ2v) is 4.77. The largest absolute Gasteiger partial charge is 0.282 e. The van der Waals surface area contributed by atoms with Crippen LogP contribution in [0.3, 0.4) is 0 Å². The van der Waals surface area contributed by atoms with Crippen molar-refractivity contribution in [3.05, 3.63) is 40.9 Å². The van der Waals surface area contributed by atoms with E-state index >= 15 is 0 Å². The van der Waals surface area contributed by atoms with Gasteiger partial charge in [0.25, 0.3) is 0 Å². The molecule has 0 aliphatic heterocycles. The normalized spacial score (nSPS) is 11.0.